The predicted molar refractivity (Wildman–Crippen MR) is 76.1 cm³/mol. The number of hydrogen-bond acceptors (Lipinski definition) is 1. The van der Waals surface area contributed by atoms with Crippen molar-refractivity contribution in [2.45, 2.75) is 13.3 Å². The van der Waals surface area contributed by atoms with Gasteiger partial charge in [0.15, 0.2) is 0 Å². The van der Waals surface area contributed by atoms with E-state index in [1.54, 1.807) is 0 Å². The molecule has 1 N–H and O–H groups in total. The highest BCUT2D eigenvalue weighted by Gasteiger charge is 2.05. The first kappa shape index (κ1) is 13.1. The standard InChI is InChI=1S/C11H10Br3N/c1-2-3-4-5-15-11-9(13)6-8(12)7-10(11)14/h6-7,15H,4-5H2,1H3. The van der Waals surface area contributed by atoms with Gasteiger partial charge in [0.25, 0.3) is 0 Å². The molecule has 0 bridgehead atoms. The van der Waals surface area contributed by atoms with E-state index in [0.717, 1.165) is 32.1 Å². The Morgan fingerprint density at radius 1 is 1.20 bits per heavy atom. The largest absolute Gasteiger partial charge is 0.382 e. The molecule has 1 rings (SSSR count). The van der Waals surface area contributed by atoms with Gasteiger partial charge in [-0.15, -0.1) is 11.8 Å². The van der Waals surface area contributed by atoms with E-state index in [2.05, 4.69) is 64.9 Å². The number of halogens is 3. The summed E-state index contributed by atoms with van der Waals surface area (Å²) in [5.41, 5.74) is 1.07. The van der Waals surface area contributed by atoms with Gasteiger partial charge in [-0.3, -0.25) is 0 Å². The highest BCUT2D eigenvalue weighted by atomic mass is 79.9. The molecule has 0 aliphatic rings. The summed E-state index contributed by atoms with van der Waals surface area (Å²) in [6.45, 7) is 2.70. The Labute approximate surface area is 115 Å². The Morgan fingerprint density at radius 2 is 1.80 bits per heavy atom. The topological polar surface area (TPSA) is 12.0 Å². The van der Waals surface area contributed by atoms with Crippen LogP contribution < -0.4 is 5.32 Å². The van der Waals surface area contributed by atoms with Crippen LogP contribution in [-0.4, -0.2) is 6.54 Å². The third-order valence-electron chi connectivity index (χ3n) is 1.74. The summed E-state index contributed by atoms with van der Waals surface area (Å²) in [7, 11) is 0. The molecule has 0 amide bonds. The van der Waals surface area contributed by atoms with Crippen molar-refractivity contribution in [2.24, 2.45) is 0 Å². The first-order valence-electron chi connectivity index (χ1n) is 4.43. The van der Waals surface area contributed by atoms with Crippen LogP contribution in [-0.2, 0) is 0 Å². The minimum Gasteiger partial charge on any atom is -0.382 e. The number of rotatable bonds is 3. The van der Waals surface area contributed by atoms with Crippen molar-refractivity contribution in [3.8, 4) is 11.8 Å². The second kappa shape index (κ2) is 6.57. The number of hydrogen-bond donors (Lipinski definition) is 1. The average Bonchev–Trinajstić information content (AvgIpc) is 2.15. The molecule has 80 valence electrons. The molecule has 0 saturated heterocycles. The van der Waals surface area contributed by atoms with E-state index >= 15 is 0 Å². The molecule has 4 heteroatoms. The summed E-state index contributed by atoms with van der Waals surface area (Å²) >= 11 is 10.4. The fraction of sp³-hybridized carbons (Fsp3) is 0.273. The maximum atomic E-state index is 3.51. The van der Waals surface area contributed by atoms with Gasteiger partial charge in [-0.2, -0.15) is 0 Å². The smallest absolute Gasteiger partial charge is 0.0630 e. The van der Waals surface area contributed by atoms with Gasteiger partial charge >= 0.3 is 0 Å². The minimum atomic E-state index is 0.847. The highest BCUT2D eigenvalue weighted by molar-refractivity contribution is 9.11. The molecule has 0 unspecified atom stereocenters. The Kier molecular flexibility index (Phi) is 5.73. The lowest BCUT2D eigenvalue weighted by molar-refractivity contribution is 1.09. The molecular formula is C11H10Br3N. The Balaban J connectivity index is 2.71. The highest BCUT2D eigenvalue weighted by Crippen LogP contribution is 2.34. The third kappa shape index (κ3) is 4.18. The number of benzene rings is 1. The van der Waals surface area contributed by atoms with Crippen LogP contribution in [0.2, 0.25) is 0 Å². The predicted octanol–water partition coefficient (Wildman–Crippen LogP) is 4.80. The van der Waals surface area contributed by atoms with Crippen LogP contribution in [0.4, 0.5) is 5.69 Å². The van der Waals surface area contributed by atoms with Crippen LogP contribution in [0.3, 0.4) is 0 Å². The summed E-state index contributed by atoms with van der Waals surface area (Å²) in [6.07, 6.45) is 0.853. The fourth-order valence-electron chi connectivity index (χ4n) is 1.09. The van der Waals surface area contributed by atoms with Crippen LogP contribution in [0.1, 0.15) is 13.3 Å². The lowest BCUT2D eigenvalue weighted by atomic mass is 10.3. The van der Waals surface area contributed by atoms with Gasteiger partial charge in [0.2, 0.25) is 0 Å². The van der Waals surface area contributed by atoms with E-state index in [9.17, 15) is 0 Å². The van der Waals surface area contributed by atoms with Gasteiger partial charge in [-0.25, -0.2) is 0 Å². The van der Waals surface area contributed by atoms with E-state index in [0.29, 0.717) is 0 Å². The fourth-order valence-corrected chi connectivity index (χ4v) is 3.63. The monoisotopic (exact) mass is 393 g/mol. The normalized spacial score (nSPS) is 9.33. The van der Waals surface area contributed by atoms with Gasteiger partial charge in [0.05, 0.1) is 5.69 Å². The van der Waals surface area contributed by atoms with Crippen molar-refractivity contribution in [3.63, 3.8) is 0 Å². The molecule has 0 aliphatic carbocycles. The average molecular weight is 396 g/mol. The lowest BCUT2D eigenvalue weighted by Crippen LogP contribution is -2.01. The van der Waals surface area contributed by atoms with Gasteiger partial charge in [-0.05, 0) is 50.9 Å². The maximum Gasteiger partial charge on any atom is 0.0630 e. The zero-order valence-corrected chi connectivity index (χ0v) is 13.0. The second-order valence-corrected chi connectivity index (χ2v) is 5.47. The molecule has 0 heterocycles. The van der Waals surface area contributed by atoms with Crippen molar-refractivity contribution in [2.75, 3.05) is 11.9 Å². The summed E-state index contributed by atoms with van der Waals surface area (Å²) in [6, 6.07) is 4.02. The van der Waals surface area contributed by atoms with Crippen LogP contribution in [0.5, 0.6) is 0 Å². The molecule has 0 radical (unpaired) electrons. The lowest BCUT2D eigenvalue weighted by Gasteiger charge is -2.09. The summed E-state index contributed by atoms with van der Waals surface area (Å²) in [5.74, 6) is 5.89. The zero-order chi connectivity index (χ0) is 11.3. The summed E-state index contributed by atoms with van der Waals surface area (Å²) in [5, 5.41) is 3.33. The molecule has 15 heavy (non-hydrogen) atoms. The minimum absolute atomic E-state index is 0.847. The molecule has 0 spiro atoms. The Bertz CT molecular complexity index is 381. The first-order valence-corrected chi connectivity index (χ1v) is 6.81. The van der Waals surface area contributed by atoms with Crippen molar-refractivity contribution in [1.29, 1.82) is 0 Å². The van der Waals surface area contributed by atoms with Crippen LogP contribution in [0.25, 0.3) is 0 Å². The van der Waals surface area contributed by atoms with Gasteiger partial charge in [0, 0.05) is 26.4 Å². The van der Waals surface area contributed by atoms with E-state index < -0.39 is 0 Å². The summed E-state index contributed by atoms with van der Waals surface area (Å²) in [4.78, 5) is 0. The third-order valence-corrected chi connectivity index (χ3v) is 3.44. The van der Waals surface area contributed by atoms with Crippen molar-refractivity contribution >= 4 is 53.5 Å². The Hall–Kier alpha value is 0.0200. The van der Waals surface area contributed by atoms with E-state index in [-0.39, 0.29) is 0 Å². The van der Waals surface area contributed by atoms with E-state index in [4.69, 9.17) is 0 Å². The molecule has 0 aliphatic heterocycles. The molecule has 1 aromatic carbocycles. The van der Waals surface area contributed by atoms with Crippen LogP contribution in [0.15, 0.2) is 25.6 Å². The quantitative estimate of drug-likeness (QED) is 0.572. The van der Waals surface area contributed by atoms with Gasteiger partial charge in [-0.1, -0.05) is 15.9 Å². The SMILES string of the molecule is CC#CCCNc1c(Br)cc(Br)cc1Br. The molecule has 0 aromatic heterocycles. The maximum absolute atomic E-state index is 3.51. The van der Waals surface area contributed by atoms with Crippen LogP contribution in [0, 0.1) is 11.8 Å². The molecule has 1 nitrogen and oxygen atoms in total. The van der Waals surface area contributed by atoms with E-state index in [1.807, 2.05) is 19.1 Å². The van der Waals surface area contributed by atoms with Crippen molar-refractivity contribution in [1.82, 2.24) is 0 Å². The molecular weight excluding hydrogens is 386 g/mol. The number of nitrogens with one attached hydrogen (secondary N) is 1. The van der Waals surface area contributed by atoms with Crippen molar-refractivity contribution < 1.29 is 0 Å². The van der Waals surface area contributed by atoms with Gasteiger partial charge < -0.3 is 5.32 Å². The van der Waals surface area contributed by atoms with Gasteiger partial charge in [0.1, 0.15) is 0 Å². The zero-order valence-electron chi connectivity index (χ0n) is 8.20. The van der Waals surface area contributed by atoms with Crippen molar-refractivity contribution in [3.05, 3.63) is 25.6 Å². The molecule has 0 fully saturated rings. The molecule has 0 saturated carbocycles. The second-order valence-electron chi connectivity index (χ2n) is 2.85. The first-order chi connectivity index (χ1) is 7.15. The molecule has 0 atom stereocenters. The molecule has 1 aromatic rings. The number of anilines is 1. The Morgan fingerprint density at radius 3 is 2.33 bits per heavy atom. The van der Waals surface area contributed by atoms with Crippen LogP contribution >= 0.6 is 47.8 Å². The summed E-state index contributed by atoms with van der Waals surface area (Å²) < 4.78 is 3.11. The van der Waals surface area contributed by atoms with E-state index in [1.165, 1.54) is 0 Å².